The number of hydrogen-bond donors (Lipinski definition) is 1. The summed E-state index contributed by atoms with van der Waals surface area (Å²) in [7, 11) is 2.12. The van der Waals surface area contributed by atoms with E-state index in [0.717, 1.165) is 18.9 Å². The Morgan fingerprint density at radius 1 is 1.57 bits per heavy atom. The molecule has 0 saturated heterocycles. The molecule has 0 aromatic rings. The van der Waals surface area contributed by atoms with Crippen molar-refractivity contribution in [2.75, 3.05) is 13.6 Å². The SMILES string of the molecule is CCC(C1CC1)N(C)CCCC(=O)O. The Balaban J connectivity index is 2.18. The number of carboxylic acid groups (broad SMARTS) is 1. The highest BCUT2D eigenvalue weighted by Gasteiger charge is 2.32. The van der Waals surface area contributed by atoms with Crippen molar-refractivity contribution in [3.63, 3.8) is 0 Å². The average molecular weight is 199 g/mol. The third-order valence-corrected chi connectivity index (χ3v) is 3.05. The summed E-state index contributed by atoms with van der Waals surface area (Å²) in [6.45, 7) is 3.14. The molecule has 1 fully saturated rings. The van der Waals surface area contributed by atoms with Gasteiger partial charge in [0.2, 0.25) is 0 Å². The van der Waals surface area contributed by atoms with Crippen LogP contribution < -0.4 is 0 Å². The summed E-state index contributed by atoms with van der Waals surface area (Å²) < 4.78 is 0. The summed E-state index contributed by atoms with van der Waals surface area (Å²) in [5.41, 5.74) is 0. The summed E-state index contributed by atoms with van der Waals surface area (Å²) in [4.78, 5) is 12.7. The average Bonchev–Trinajstić information content (AvgIpc) is 2.89. The van der Waals surface area contributed by atoms with Crippen LogP contribution in [-0.4, -0.2) is 35.6 Å². The molecule has 0 aromatic carbocycles. The minimum Gasteiger partial charge on any atom is -0.481 e. The first-order chi connectivity index (χ1) is 6.65. The van der Waals surface area contributed by atoms with E-state index in [1.807, 2.05) is 0 Å². The Kier molecular flexibility index (Phi) is 4.39. The summed E-state index contributed by atoms with van der Waals surface area (Å²) in [5.74, 6) is 0.202. The van der Waals surface area contributed by atoms with Crippen LogP contribution in [0, 0.1) is 5.92 Å². The molecule has 3 heteroatoms. The largest absolute Gasteiger partial charge is 0.481 e. The van der Waals surface area contributed by atoms with Gasteiger partial charge in [-0.1, -0.05) is 6.92 Å². The van der Waals surface area contributed by atoms with Crippen molar-refractivity contribution in [1.29, 1.82) is 0 Å². The van der Waals surface area contributed by atoms with E-state index in [4.69, 9.17) is 5.11 Å². The van der Waals surface area contributed by atoms with Gasteiger partial charge in [-0.25, -0.2) is 0 Å². The van der Waals surface area contributed by atoms with Crippen LogP contribution in [0.4, 0.5) is 0 Å². The third kappa shape index (κ3) is 3.66. The molecule has 1 rings (SSSR count). The van der Waals surface area contributed by atoms with Crippen LogP contribution in [0.1, 0.15) is 39.0 Å². The minimum absolute atomic E-state index is 0.297. The lowest BCUT2D eigenvalue weighted by Crippen LogP contribution is -2.33. The van der Waals surface area contributed by atoms with Crippen molar-refractivity contribution in [2.45, 2.75) is 45.1 Å². The van der Waals surface area contributed by atoms with Gasteiger partial charge in [-0.05, 0) is 45.2 Å². The van der Waals surface area contributed by atoms with Crippen LogP contribution in [0.3, 0.4) is 0 Å². The van der Waals surface area contributed by atoms with E-state index in [-0.39, 0.29) is 0 Å². The van der Waals surface area contributed by atoms with Crippen molar-refractivity contribution in [3.05, 3.63) is 0 Å². The molecule has 0 aromatic heterocycles. The zero-order valence-corrected chi connectivity index (χ0v) is 9.20. The minimum atomic E-state index is -0.683. The molecule has 0 aliphatic heterocycles. The van der Waals surface area contributed by atoms with Gasteiger partial charge >= 0.3 is 5.97 Å². The fourth-order valence-electron chi connectivity index (χ4n) is 2.13. The molecule has 1 aliphatic rings. The maximum Gasteiger partial charge on any atom is 0.303 e. The first-order valence-electron chi connectivity index (χ1n) is 5.57. The van der Waals surface area contributed by atoms with Crippen molar-refractivity contribution in [1.82, 2.24) is 4.90 Å². The lowest BCUT2D eigenvalue weighted by molar-refractivity contribution is -0.137. The van der Waals surface area contributed by atoms with Gasteiger partial charge in [0, 0.05) is 12.5 Å². The monoisotopic (exact) mass is 199 g/mol. The summed E-state index contributed by atoms with van der Waals surface area (Å²) >= 11 is 0. The second kappa shape index (κ2) is 5.35. The Morgan fingerprint density at radius 3 is 2.64 bits per heavy atom. The van der Waals surface area contributed by atoms with Gasteiger partial charge < -0.3 is 10.0 Å². The highest BCUT2D eigenvalue weighted by atomic mass is 16.4. The molecule has 1 unspecified atom stereocenters. The van der Waals surface area contributed by atoms with E-state index in [0.29, 0.717) is 12.5 Å². The normalized spacial score (nSPS) is 18.5. The van der Waals surface area contributed by atoms with Crippen LogP contribution in [0.15, 0.2) is 0 Å². The number of nitrogens with zero attached hydrogens (tertiary/aromatic N) is 1. The van der Waals surface area contributed by atoms with Gasteiger partial charge in [0.15, 0.2) is 0 Å². The van der Waals surface area contributed by atoms with Crippen LogP contribution in [0.25, 0.3) is 0 Å². The fraction of sp³-hybridized carbons (Fsp3) is 0.909. The molecule has 0 radical (unpaired) electrons. The van der Waals surface area contributed by atoms with Gasteiger partial charge in [-0.15, -0.1) is 0 Å². The summed E-state index contributed by atoms with van der Waals surface area (Å²) in [6, 6.07) is 0.684. The quantitative estimate of drug-likeness (QED) is 0.681. The Hall–Kier alpha value is -0.570. The number of rotatable bonds is 7. The number of aliphatic carboxylic acids is 1. The van der Waals surface area contributed by atoms with E-state index < -0.39 is 5.97 Å². The first kappa shape index (κ1) is 11.5. The molecule has 0 bridgehead atoms. The first-order valence-corrected chi connectivity index (χ1v) is 5.57. The maximum atomic E-state index is 10.3. The fourth-order valence-corrected chi connectivity index (χ4v) is 2.13. The lowest BCUT2D eigenvalue weighted by atomic mass is 10.1. The van der Waals surface area contributed by atoms with E-state index in [1.165, 1.54) is 19.3 Å². The van der Waals surface area contributed by atoms with E-state index in [9.17, 15) is 4.79 Å². The molecule has 82 valence electrons. The predicted octanol–water partition coefficient (Wildman–Crippen LogP) is 1.97. The Labute approximate surface area is 86.1 Å². The van der Waals surface area contributed by atoms with E-state index in [2.05, 4.69) is 18.9 Å². The summed E-state index contributed by atoms with van der Waals surface area (Å²) in [5, 5.41) is 8.53. The highest BCUT2D eigenvalue weighted by Crippen LogP contribution is 2.36. The topological polar surface area (TPSA) is 40.5 Å². The second-order valence-corrected chi connectivity index (χ2v) is 4.29. The van der Waals surface area contributed by atoms with Gasteiger partial charge in [0.1, 0.15) is 0 Å². The van der Waals surface area contributed by atoms with Gasteiger partial charge in [-0.2, -0.15) is 0 Å². The smallest absolute Gasteiger partial charge is 0.303 e. The van der Waals surface area contributed by atoms with Gasteiger partial charge in [0.05, 0.1) is 0 Å². The van der Waals surface area contributed by atoms with E-state index in [1.54, 1.807) is 0 Å². The molecular weight excluding hydrogens is 178 g/mol. The summed E-state index contributed by atoms with van der Waals surface area (Å²) in [6.07, 6.45) is 4.98. The maximum absolute atomic E-state index is 10.3. The van der Waals surface area contributed by atoms with Gasteiger partial charge in [0.25, 0.3) is 0 Å². The lowest BCUT2D eigenvalue weighted by Gasteiger charge is -2.26. The van der Waals surface area contributed by atoms with E-state index >= 15 is 0 Å². The molecule has 3 nitrogen and oxygen atoms in total. The molecular formula is C11H21NO2. The number of hydrogen-bond acceptors (Lipinski definition) is 2. The molecule has 1 atom stereocenters. The molecule has 1 N–H and O–H groups in total. The zero-order valence-electron chi connectivity index (χ0n) is 9.20. The predicted molar refractivity (Wildman–Crippen MR) is 56.3 cm³/mol. The molecule has 0 heterocycles. The molecule has 14 heavy (non-hydrogen) atoms. The number of carboxylic acids is 1. The van der Waals surface area contributed by atoms with Crippen LogP contribution in [-0.2, 0) is 4.79 Å². The van der Waals surface area contributed by atoms with Crippen LogP contribution in [0.2, 0.25) is 0 Å². The molecule has 1 aliphatic carbocycles. The molecule has 0 amide bonds. The highest BCUT2D eigenvalue weighted by molar-refractivity contribution is 5.66. The molecule has 1 saturated carbocycles. The second-order valence-electron chi connectivity index (χ2n) is 4.29. The standard InChI is InChI=1S/C11H21NO2/c1-3-10(9-6-7-9)12(2)8-4-5-11(13)14/h9-10H,3-8H2,1-2H3,(H,13,14). The van der Waals surface area contributed by atoms with Crippen molar-refractivity contribution in [3.8, 4) is 0 Å². The van der Waals surface area contributed by atoms with Crippen molar-refractivity contribution >= 4 is 5.97 Å². The Bertz CT molecular complexity index is 190. The Morgan fingerprint density at radius 2 is 2.21 bits per heavy atom. The zero-order chi connectivity index (χ0) is 10.6. The van der Waals surface area contributed by atoms with Crippen LogP contribution >= 0.6 is 0 Å². The third-order valence-electron chi connectivity index (χ3n) is 3.05. The van der Waals surface area contributed by atoms with Gasteiger partial charge in [-0.3, -0.25) is 4.79 Å². The van der Waals surface area contributed by atoms with Crippen molar-refractivity contribution in [2.24, 2.45) is 5.92 Å². The van der Waals surface area contributed by atoms with Crippen molar-refractivity contribution < 1.29 is 9.90 Å². The molecule has 0 spiro atoms. The number of carbonyl (C=O) groups is 1. The van der Waals surface area contributed by atoms with Crippen LogP contribution in [0.5, 0.6) is 0 Å².